The smallest absolute Gasteiger partial charge is 0.318 e. The average Bonchev–Trinajstić information content (AvgIpc) is 1.98. The summed E-state index contributed by atoms with van der Waals surface area (Å²) in [7, 11) is -0.912. The molecule has 0 bridgehead atoms. The molecule has 0 saturated carbocycles. The zero-order valence-corrected chi connectivity index (χ0v) is 9.58. The number of hydrogen-bond acceptors (Lipinski definition) is 3. The third-order valence-corrected chi connectivity index (χ3v) is 3.69. The molecule has 0 aliphatic heterocycles. The first-order valence-corrected chi connectivity index (χ1v) is 5.50. The van der Waals surface area contributed by atoms with E-state index in [1.54, 1.807) is 13.8 Å². The number of nitrogens with zero attached hydrogens (tertiary/aromatic N) is 2. The van der Waals surface area contributed by atoms with Gasteiger partial charge >= 0.3 is 5.97 Å². The van der Waals surface area contributed by atoms with E-state index in [9.17, 15) is 13.2 Å². The highest BCUT2D eigenvalue weighted by atomic mass is 32.2. The van der Waals surface area contributed by atoms with Crippen molar-refractivity contribution in [2.75, 3.05) is 20.6 Å². The Balaban J connectivity index is 4.93. The van der Waals surface area contributed by atoms with Gasteiger partial charge in [-0.3, -0.25) is 4.79 Å². The van der Waals surface area contributed by atoms with Gasteiger partial charge < -0.3 is 5.11 Å². The molecule has 0 radical (unpaired) electrons. The van der Waals surface area contributed by atoms with Crippen LogP contribution in [-0.2, 0) is 15.0 Å². The minimum Gasteiger partial charge on any atom is -0.480 e. The van der Waals surface area contributed by atoms with Crippen molar-refractivity contribution in [1.82, 2.24) is 8.61 Å². The molecule has 0 aromatic rings. The van der Waals surface area contributed by atoms with Crippen LogP contribution in [0.25, 0.3) is 0 Å². The number of rotatable bonds is 5. The molecule has 0 unspecified atom stereocenters. The molecule has 1 N–H and O–H groups in total. The summed E-state index contributed by atoms with van der Waals surface area (Å²) in [6.45, 7) is 2.74. The monoisotopic (exact) mass is 224 g/mol. The molecule has 0 heterocycles. The summed E-state index contributed by atoms with van der Waals surface area (Å²) in [5.74, 6) is -1.16. The fourth-order valence-electron chi connectivity index (χ4n) is 0.874. The lowest BCUT2D eigenvalue weighted by Crippen LogP contribution is -2.46. The largest absolute Gasteiger partial charge is 0.480 e. The molecule has 0 fully saturated rings. The highest BCUT2D eigenvalue weighted by Gasteiger charge is 2.28. The molecule has 84 valence electrons. The number of aliphatic carboxylic acids is 1. The van der Waals surface area contributed by atoms with Crippen LogP contribution < -0.4 is 0 Å². The van der Waals surface area contributed by atoms with Crippen molar-refractivity contribution in [2.24, 2.45) is 0 Å². The maximum Gasteiger partial charge on any atom is 0.318 e. The van der Waals surface area contributed by atoms with Gasteiger partial charge in [0.15, 0.2) is 0 Å². The van der Waals surface area contributed by atoms with E-state index >= 15 is 0 Å². The zero-order valence-electron chi connectivity index (χ0n) is 8.76. The Kier molecular flexibility index (Phi) is 4.50. The Morgan fingerprint density at radius 1 is 1.36 bits per heavy atom. The van der Waals surface area contributed by atoms with Crippen molar-refractivity contribution in [3.05, 3.63) is 0 Å². The van der Waals surface area contributed by atoms with Crippen LogP contribution in [0.3, 0.4) is 0 Å². The summed E-state index contributed by atoms with van der Waals surface area (Å²) in [5.41, 5.74) is 0. The Bertz CT molecular complexity index is 297. The summed E-state index contributed by atoms with van der Waals surface area (Å²) < 4.78 is 25.1. The number of carboxylic acid groups (broad SMARTS) is 1. The summed E-state index contributed by atoms with van der Waals surface area (Å²) in [5, 5.41) is 8.55. The Hall–Kier alpha value is -0.660. The molecule has 0 saturated heterocycles. The van der Waals surface area contributed by atoms with Crippen LogP contribution in [0.4, 0.5) is 0 Å². The predicted octanol–water partition coefficient (Wildman–Crippen LogP) is -0.412. The van der Waals surface area contributed by atoms with Gasteiger partial charge in [-0.1, -0.05) is 0 Å². The molecule has 0 atom stereocenters. The summed E-state index contributed by atoms with van der Waals surface area (Å²) in [4.78, 5) is 10.5. The van der Waals surface area contributed by atoms with Crippen molar-refractivity contribution in [3.8, 4) is 0 Å². The summed E-state index contributed by atoms with van der Waals surface area (Å²) in [6, 6.07) is -0.376. The molecule has 0 rings (SSSR count). The van der Waals surface area contributed by atoms with Crippen molar-refractivity contribution in [2.45, 2.75) is 19.9 Å². The van der Waals surface area contributed by atoms with Gasteiger partial charge in [-0.15, -0.1) is 0 Å². The van der Waals surface area contributed by atoms with E-state index in [4.69, 9.17) is 5.11 Å². The molecule has 14 heavy (non-hydrogen) atoms. The highest BCUT2D eigenvalue weighted by molar-refractivity contribution is 7.86. The fraction of sp³-hybridized carbons (Fsp3) is 0.857. The standard InChI is InChI=1S/C7H16N2O4S/c1-6(2)9(5-7(10)11)14(12,13)8(3)4/h6H,5H2,1-4H3,(H,10,11). The molecule has 0 amide bonds. The number of hydrogen-bond donors (Lipinski definition) is 1. The minimum atomic E-state index is -3.65. The first-order chi connectivity index (χ1) is 6.19. The second-order valence-corrected chi connectivity index (χ2v) is 5.42. The first-order valence-electron chi connectivity index (χ1n) is 4.10. The van der Waals surface area contributed by atoms with Crippen LogP contribution >= 0.6 is 0 Å². The van der Waals surface area contributed by atoms with Crippen molar-refractivity contribution >= 4 is 16.2 Å². The van der Waals surface area contributed by atoms with Crippen LogP contribution in [0.5, 0.6) is 0 Å². The second kappa shape index (κ2) is 4.72. The molecular weight excluding hydrogens is 208 g/mol. The van der Waals surface area contributed by atoms with E-state index in [2.05, 4.69) is 0 Å². The normalized spacial score (nSPS) is 12.8. The Morgan fingerprint density at radius 2 is 1.79 bits per heavy atom. The summed E-state index contributed by atoms with van der Waals surface area (Å²) >= 11 is 0. The predicted molar refractivity (Wildman–Crippen MR) is 52.1 cm³/mol. The van der Waals surface area contributed by atoms with Crippen molar-refractivity contribution in [3.63, 3.8) is 0 Å². The minimum absolute atomic E-state index is 0.376. The van der Waals surface area contributed by atoms with Gasteiger partial charge in [0.25, 0.3) is 10.2 Å². The van der Waals surface area contributed by atoms with Gasteiger partial charge in [0, 0.05) is 20.1 Å². The maximum absolute atomic E-state index is 11.6. The van der Waals surface area contributed by atoms with E-state index in [1.807, 2.05) is 0 Å². The van der Waals surface area contributed by atoms with Gasteiger partial charge in [-0.05, 0) is 13.8 Å². The van der Waals surface area contributed by atoms with E-state index in [0.29, 0.717) is 0 Å². The SMILES string of the molecule is CC(C)N(CC(=O)O)S(=O)(=O)N(C)C. The molecule has 0 aromatic heterocycles. The maximum atomic E-state index is 11.6. The fourth-order valence-corrected chi connectivity index (χ4v) is 2.10. The van der Waals surface area contributed by atoms with Gasteiger partial charge in [0.05, 0.1) is 0 Å². The Labute approximate surface area is 84.3 Å². The molecule has 0 aliphatic carbocycles. The summed E-state index contributed by atoms with van der Waals surface area (Å²) in [6.07, 6.45) is 0. The van der Waals surface area contributed by atoms with E-state index in [1.165, 1.54) is 14.1 Å². The quantitative estimate of drug-likeness (QED) is 0.688. The second-order valence-electron chi connectivity index (χ2n) is 3.32. The van der Waals surface area contributed by atoms with Crippen LogP contribution in [0.1, 0.15) is 13.8 Å². The van der Waals surface area contributed by atoms with E-state index in [-0.39, 0.29) is 6.04 Å². The third-order valence-electron chi connectivity index (χ3n) is 1.62. The van der Waals surface area contributed by atoms with Gasteiger partial charge in [0.1, 0.15) is 6.54 Å². The lowest BCUT2D eigenvalue weighted by molar-refractivity contribution is -0.137. The van der Waals surface area contributed by atoms with Crippen molar-refractivity contribution in [1.29, 1.82) is 0 Å². The average molecular weight is 224 g/mol. The molecule has 0 aliphatic rings. The van der Waals surface area contributed by atoms with Gasteiger partial charge in [0.2, 0.25) is 0 Å². The molecule has 7 heteroatoms. The number of carboxylic acids is 1. The van der Waals surface area contributed by atoms with Crippen LogP contribution in [0.15, 0.2) is 0 Å². The topological polar surface area (TPSA) is 77.9 Å². The first kappa shape index (κ1) is 13.3. The Morgan fingerprint density at radius 3 is 2.00 bits per heavy atom. The van der Waals surface area contributed by atoms with E-state index in [0.717, 1.165) is 8.61 Å². The zero-order chi connectivity index (χ0) is 11.5. The highest BCUT2D eigenvalue weighted by Crippen LogP contribution is 2.08. The molecule has 0 aromatic carbocycles. The number of carbonyl (C=O) groups is 1. The van der Waals surface area contributed by atoms with Gasteiger partial charge in [-0.2, -0.15) is 17.0 Å². The van der Waals surface area contributed by atoms with Crippen LogP contribution in [0, 0.1) is 0 Å². The van der Waals surface area contributed by atoms with Crippen LogP contribution in [-0.4, -0.2) is 54.8 Å². The molecule has 0 spiro atoms. The van der Waals surface area contributed by atoms with E-state index < -0.39 is 22.7 Å². The lowest BCUT2D eigenvalue weighted by atomic mass is 10.4. The van der Waals surface area contributed by atoms with Gasteiger partial charge in [-0.25, -0.2) is 0 Å². The third kappa shape index (κ3) is 3.24. The lowest BCUT2D eigenvalue weighted by Gasteiger charge is -2.26. The van der Waals surface area contributed by atoms with Crippen LogP contribution in [0.2, 0.25) is 0 Å². The van der Waals surface area contributed by atoms with Crippen molar-refractivity contribution < 1.29 is 18.3 Å². The molecular formula is C7H16N2O4S. The molecule has 6 nitrogen and oxygen atoms in total.